The molecule has 0 spiro atoms. The molecule has 1 heterocycles. The maximum Gasteiger partial charge on any atom is 0.422 e. The van der Waals surface area contributed by atoms with E-state index in [4.69, 9.17) is 4.74 Å². The van der Waals surface area contributed by atoms with Crippen LogP contribution in [-0.4, -0.2) is 42.8 Å². The Morgan fingerprint density at radius 3 is 2.61 bits per heavy atom. The van der Waals surface area contributed by atoms with Crippen molar-refractivity contribution in [1.82, 2.24) is 10.3 Å². The zero-order chi connectivity index (χ0) is 17.3. The number of hydrogen-bond acceptors (Lipinski definition) is 5. The summed E-state index contributed by atoms with van der Waals surface area (Å²) >= 11 is 0. The molecule has 1 aromatic heterocycles. The van der Waals surface area contributed by atoms with Gasteiger partial charge < -0.3 is 14.8 Å². The van der Waals surface area contributed by atoms with E-state index >= 15 is 0 Å². The molecule has 1 N–H and O–H groups in total. The fraction of sp³-hybridized carbons (Fsp3) is 0.500. The number of alkyl halides is 3. The first-order chi connectivity index (χ1) is 10.8. The molecule has 0 unspecified atom stereocenters. The first kappa shape index (κ1) is 18.7. The van der Waals surface area contributed by atoms with Crippen molar-refractivity contribution < 1.29 is 32.2 Å². The predicted octanol–water partition coefficient (Wildman–Crippen LogP) is 2.10. The SMILES string of the molecule is CCOC(=O)CCCNC(=O)c1ccc(OCC(F)(F)F)nc1. The molecule has 1 rings (SSSR count). The van der Waals surface area contributed by atoms with Crippen LogP contribution in [0.3, 0.4) is 0 Å². The van der Waals surface area contributed by atoms with Crippen LogP contribution in [-0.2, 0) is 9.53 Å². The van der Waals surface area contributed by atoms with Gasteiger partial charge in [-0.15, -0.1) is 0 Å². The standard InChI is InChI=1S/C14H17F3N2O4/c1-2-22-12(20)4-3-7-18-13(21)10-5-6-11(19-8-10)23-9-14(15,16)17/h5-6,8H,2-4,7,9H2,1H3,(H,18,21). The molecule has 0 fully saturated rings. The van der Waals surface area contributed by atoms with Gasteiger partial charge in [-0.2, -0.15) is 13.2 Å². The lowest BCUT2D eigenvalue weighted by Gasteiger charge is -2.09. The third-order valence-corrected chi connectivity index (χ3v) is 2.53. The number of carbonyl (C=O) groups excluding carboxylic acids is 2. The Morgan fingerprint density at radius 1 is 1.30 bits per heavy atom. The van der Waals surface area contributed by atoms with E-state index in [0.717, 1.165) is 6.20 Å². The second-order valence-corrected chi connectivity index (χ2v) is 4.45. The highest BCUT2D eigenvalue weighted by Crippen LogP contribution is 2.16. The summed E-state index contributed by atoms with van der Waals surface area (Å²) in [6.07, 6.45) is -2.72. The van der Waals surface area contributed by atoms with Crippen LogP contribution in [0.25, 0.3) is 0 Å². The van der Waals surface area contributed by atoms with Crippen LogP contribution in [0.15, 0.2) is 18.3 Å². The van der Waals surface area contributed by atoms with Gasteiger partial charge >= 0.3 is 12.1 Å². The molecule has 0 aliphatic rings. The molecule has 0 bridgehead atoms. The molecular weight excluding hydrogens is 317 g/mol. The van der Waals surface area contributed by atoms with Crippen LogP contribution < -0.4 is 10.1 Å². The van der Waals surface area contributed by atoms with E-state index < -0.39 is 18.7 Å². The van der Waals surface area contributed by atoms with Crippen LogP contribution in [0.5, 0.6) is 5.88 Å². The van der Waals surface area contributed by atoms with Gasteiger partial charge in [-0.05, 0) is 19.4 Å². The minimum Gasteiger partial charge on any atom is -0.468 e. The molecule has 0 radical (unpaired) electrons. The Hall–Kier alpha value is -2.32. The average Bonchev–Trinajstić information content (AvgIpc) is 2.49. The first-order valence-corrected chi connectivity index (χ1v) is 6.91. The number of halogens is 3. The third-order valence-electron chi connectivity index (χ3n) is 2.53. The van der Waals surface area contributed by atoms with Crippen molar-refractivity contribution in [3.8, 4) is 5.88 Å². The van der Waals surface area contributed by atoms with Gasteiger partial charge in [-0.25, -0.2) is 4.98 Å². The smallest absolute Gasteiger partial charge is 0.422 e. The Labute approximate surface area is 131 Å². The molecule has 9 heteroatoms. The van der Waals surface area contributed by atoms with Crippen molar-refractivity contribution >= 4 is 11.9 Å². The van der Waals surface area contributed by atoms with Crippen molar-refractivity contribution in [3.63, 3.8) is 0 Å². The number of ether oxygens (including phenoxy) is 2. The minimum absolute atomic E-state index is 0.181. The summed E-state index contributed by atoms with van der Waals surface area (Å²) < 4.78 is 45.1. The van der Waals surface area contributed by atoms with Crippen molar-refractivity contribution in [2.45, 2.75) is 25.9 Å². The number of rotatable bonds is 8. The van der Waals surface area contributed by atoms with Gasteiger partial charge in [0.1, 0.15) is 0 Å². The van der Waals surface area contributed by atoms with Crippen LogP contribution >= 0.6 is 0 Å². The summed E-state index contributed by atoms with van der Waals surface area (Å²) in [4.78, 5) is 26.5. The van der Waals surface area contributed by atoms with Crippen LogP contribution in [0.4, 0.5) is 13.2 Å². The first-order valence-electron chi connectivity index (χ1n) is 6.91. The molecule has 0 aliphatic heterocycles. The summed E-state index contributed by atoms with van der Waals surface area (Å²) in [5.74, 6) is -1.00. The number of carbonyl (C=O) groups is 2. The van der Waals surface area contributed by atoms with E-state index in [1.807, 2.05) is 0 Å². The normalized spacial score (nSPS) is 11.0. The lowest BCUT2D eigenvalue weighted by molar-refractivity contribution is -0.154. The van der Waals surface area contributed by atoms with Crippen LogP contribution in [0.2, 0.25) is 0 Å². The fourth-order valence-corrected chi connectivity index (χ4v) is 1.53. The molecule has 1 aromatic rings. The number of amides is 1. The van der Waals surface area contributed by atoms with E-state index in [1.165, 1.54) is 12.1 Å². The van der Waals surface area contributed by atoms with Crippen molar-refractivity contribution in [2.24, 2.45) is 0 Å². The maximum atomic E-state index is 12.0. The summed E-state index contributed by atoms with van der Waals surface area (Å²) in [5.41, 5.74) is 0.181. The Morgan fingerprint density at radius 2 is 2.04 bits per heavy atom. The van der Waals surface area contributed by atoms with Crippen LogP contribution in [0, 0.1) is 0 Å². The average molecular weight is 334 g/mol. The zero-order valence-corrected chi connectivity index (χ0v) is 12.5. The second-order valence-electron chi connectivity index (χ2n) is 4.45. The molecule has 23 heavy (non-hydrogen) atoms. The molecule has 0 aliphatic carbocycles. The minimum atomic E-state index is -4.45. The Balaban J connectivity index is 2.35. The number of nitrogens with one attached hydrogen (secondary N) is 1. The van der Waals surface area contributed by atoms with Crippen molar-refractivity contribution in [1.29, 1.82) is 0 Å². The number of hydrogen-bond donors (Lipinski definition) is 1. The van der Waals surface area contributed by atoms with Gasteiger partial charge in [0, 0.05) is 25.2 Å². The molecule has 1 amide bonds. The van der Waals surface area contributed by atoms with Gasteiger partial charge in [0.15, 0.2) is 6.61 Å². The van der Waals surface area contributed by atoms with Gasteiger partial charge in [0.05, 0.1) is 12.2 Å². The van der Waals surface area contributed by atoms with E-state index in [2.05, 4.69) is 15.0 Å². The number of aromatic nitrogens is 1. The van der Waals surface area contributed by atoms with Gasteiger partial charge in [-0.1, -0.05) is 0 Å². The summed E-state index contributed by atoms with van der Waals surface area (Å²) in [6.45, 7) is 0.831. The molecular formula is C14H17F3N2O4. The topological polar surface area (TPSA) is 77.5 Å². The van der Waals surface area contributed by atoms with Crippen molar-refractivity contribution in [3.05, 3.63) is 23.9 Å². The lowest BCUT2D eigenvalue weighted by atomic mass is 10.2. The van der Waals surface area contributed by atoms with Gasteiger partial charge in [0.25, 0.3) is 5.91 Å². The van der Waals surface area contributed by atoms with E-state index in [-0.39, 0.29) is 30.4 Å². The molecule has 0 aromatic carbocycles. The monoisotopic (exact) mass is 334 g/mol. The quantitative estimate of drug-likeness (QED) is 0.582. The highest BCUT2D eigenvalue weighted by molar-refractivity contribution is 5.93. The molecule has 0 atom stereocenters. The zero-order valence-electron chi connectivity index (χ0n) is 12.5. The molecule has 0 saturated carbocycles. The predicted molar refractivity (Wildman–Crippen MR) is 74.0 cm³/mol. The Bertz CT molecular complexity index is 518. The van der Waals surface area contributed by atoms with E-state index in [9.17, 15) is 22.8 Å². The fourth-order valence-electron chi connectivity index (χ4n) is 1.53. The summed E-state index contributed by atoms with van der Waals surface area (Å²) in [5, 5.41) is 2.56. The number of esters is 1. The maximum absolute atomic E-state index is 12.0. The van der Waals surface area contributed by atoms with E-state index in [0.29, 0.717) is 13.0 Å². The largest absolute Gasteiger partial charge is 0.468 e. The van der Waals surface area contributed by atoms with Gasteiger partial charge in [-0.3, -0.25) is 9.59 Å². The molecule has 128 valence electrons. The third kappa shape index (κ3) is 8.03. The molecule has 6 nitrogen and oxygen atoms in total. The van der Waals surface area contributed by atoms with Crippen LogP contribution in [0.1, 0.15) is 30.1 Å². The Kier molecular flexibility index (Phi) is 7.30. The van der Waals surface area contributed by atoms with Crippen molar-refractivity contribution in [2.75, 3.05) is 19.8 Å². The van der Waals surface area contributed by atoms with E-state index in [1.54, 1.807) is 6.92 Å². The summed E-state index contributed by atoms with van der Waals surface area (Å²) in [7, 11) is 0. The highest BCUT2D eigenvalue weighted by atomic mass is 19.4. The number of nitrogens with zero attached hydrogens (tertiary/aromatic N) is 1. The van der Waals surface area contributed by atoms with Gasteiger partial charge in [0.2, 0.25) is 5.88 Å². The number of pyridine rings is 1. The second kappa shape index (κ2) is 8.96. The molecule has 0 saturated heterocycles. The summed E-state index contributed by atoms with van der Waals surface area (Å²) in [6, 6.07) is 2.48. The lowest BCUT2D eigenvalue weighted by Crippen LogP contribution is -2.25. The highest BCUT2D eigenvalue weighted by Gasteiger charge is 2.28.